The van der Waals surface area contributed by atoms with Crippen molar-refractivity contribution < 1.29 is 14.1 Å². The third-order valence-electron chi connectivity index (χ3n) is 5.39. The fourth-order valence-corrected chi connectivity index (χ4v) is 5.98. The number of carbonyl (C=O) groups is 1. The molecule has 2 aliphatic rings. The number of nitrogens with one attached hydrogen (secondary N) is 1. The van der Waals surface area contributed by atoms with E-state index in [1.165, 1.54) is 34.0 Å². The molecule has 0 saturated carbocycles. The highest BCUT2D eigenvalue weighted by Crippen LogP contribution is 2.35. The van der Waals surface area contributed by atoms with Crippen LogP contribution in [0.5, 0.6) is 0 Å². The normalized spacial score (nSPS) is 16.9. The standard InChI is InChI=1S/C20H24N2O3S2/c1-20(2,24)17-11-21-19(26-17)27(25)22-18(23)10-16-14-7-3-5-12(14)9-13-6-4-8-15(13)16/h9,11,24H,3-8,10H2,1-2H3,(H,22,23). The minimum atomic E-state index is -1.70. The van der Waals surface area contributed by atoms with Gasteiger partial charge in [-0.2, -0.15) is 0 Å². The van der Waals surface area contributed by atoms with Crippen LogP contribution in [-0.2, 0) is 53.5 Å². The van der Waals surface area contributed by atoms with Crippen LogP contribution in [0.25, 0.3) is 0 Å². The van der Waals surface area contributed by atoms with Crippen molar-refractivity contribution in [2.24, 2.45) is 0 Å². The summed E-state index contributed by atoms with van der Waals surface area (Å²) >= 11 is 1.16. The molecule has 0 bridgehead atoms. The van der Waals surface area contributed by atoms with E-state index >= 15 is 0 Å². The summed E-state index contributed by atoms with van der Waals surface area (Å²) in [6.07, 6.45) is 8.37. The molecule has 4 rings (SSSR count). The molecule has 0 spiro atoms. The second-order valence-corrected chi connectivity index (χ2v) is 10.3. The van der Waals surface area contributed by atoms with E-state index in [9.17, 15) is 14.1 Å². The molecule has 7 heteroatoms. The van der Waals surface area contributed by atoms with Gasteiger partial charge in [0, 0.05) is 6.20 Å². The van der Waals surface area contributed by atoms with Crippen LogP contribution in [0.2, 0.25) is 0 Å². The zero-order chi connectivity index (χ0) is 19.2. The minimum Gasteiger partial charge on any atom is -0.385 e. The molecule has 144 valence electrons. The highest BCUT2D eigenvalue weighted by Gasteiger charge is 2.26. The molecule has 1 heterocycles. The van der Waals surface area contributed by atoms with Gasteiger partial charge in [0.25, 0.3) is 0 Å². The lowest BCUT2D eigenvalue weighted by atomic mass is 9.92. The third kappa shape index (κ3) is 3.73. The Morgan fingerprint density at radius 1 is 1.22 bits per heavy atom. The van der Waals surface area contributed by atoms with Crippen LogP contribution in [-0.4, -0.2) is 20.2 Å². The fraction of sp³-hybridized carbons (Fsp3) is 0.500. The van der Waals surface area contributed by atoms with Gasteiger partial charge in [-0.1, -0.05) is 6.07 Å². The van der Waals surface area contributed by atoms with Gasteiger partial charge >= 0.3 is 0 Å². The van der Waals surface area contributed by atoms with Gasteiger partial charge in [0.1, 0.15) is 0 Å². The number of hydrogen-bond donors (Lipinski definition) is 2. The monoisotopic (exact) mass is 404 g/mol. The van der Waals surface area contributed by atoms with E-state index in [4.69, 9.17) is 0 Å². The molecule has 1 amide bonds. The Hall–Kier alpha value is -1.57. The maximum atomic E-state index is 12.6. The van der Waals surface area contributed by atoms with Crippen molar-refractivity contribution in [3.05, 3.63) is 45.0 Å². The average Bonchev–Trinajstić information content (AvgIpc) is 3.33. The van der Waals surface area contributed by atoms with E-state index in [1.807, 2.05) is 0 Å². The Morgan fingerprint density at radius 2 is 1.85 bits per heavy atom. The van der Waals surface area contributed by atoms with E-state index in [1.54, 1.807) is 13.8 Å². The molecule has 0 saturated heterocycles. The van der Waals surface area contributed by atoms with Crippen molar-refractivity contribution in [1.82, 2.24) is 9.71 Å². The average molecular weight is 405 g/mol. The third-order valence-corrected chi connectivity index (χ3v) is 8.03. The first kappa shape index (κ1) is 18.8. The van der Waals surface area contributed by atoms with Gasteiger partial charge in [0.15, 0.2) is 11.0 Å². The van der Waals surface area contributed by atoms with E-state index < -0.39 is 16.6 Å². The number of benzene rings is 1. The number of amides is 1. The molecule has 1 atom stereocenters. The summed E-state index contributed by atoms with van der Waals surface area (Å²) in [6.45, 7) is 3.31. The molecule has 0 aliphatic heterocycles. The smallest absolute Gasteiger partial charge is 0.236 e. The Balaban J connectivity index is 1.51. The van der Waals surface area contributed by atoms with E-state index in [0.29, 0.717) is 9.22 Å². The molecule has 0 radical (unpaired) electrons. The Kier molecular flexibility index (Phi) is 4.94. The number of fused-ring (bicyclic) bond motifs is 2. The Labute approximate surface area is 165 Å². The molecule has 1 aromatic heterocycles. The van der Waals surface area contributed by atoms with Gasteiger partial charge in [-0.3, -0.25) is 9.52 Å². The summed E-state index contributed by atoms with van der Waals surface area (Å²) in [5, 5.41) is 10.0. The maximum absolute atomic E-state index is 12.6. The van der Waals surface area contributed by atoms with Gasteiger partial charge < -0.3 is 5.11 Å². The number of thiazole rings is 1. The quantitative estimate of drug-likeness (QED) is 0.803. The highest BCUT2D eigenvalue weighted by atomic mass is 32.2. The van der Waals surface area contributed by atoms with E-state index in [0.717, 1.165) is 49.9 Å². The highest BCUT2D eigenvalue weighted by molar-refractivity contribution is 7.85. The number of nitrogens with zero attached hydrogens (tertiary/aromatic N) is 1. The Morgan fingerprint density at radius 3 is 2.41 bits per heavy atom. The molecular weight excluding hydrogens is 380 g/mol. The molecule has 1 aromatic carbocycles. The zero-order valence-electron chi connectivity index (χ0n) is 15.6. The van der Waals surface area contributed by atoms with Crippen LogP contribution in [0, 0.1) is 0 Å². The lowest BCUT2D eigenvalue weighted by Gasteiger charge is -2.15. The zero-order valence-corrected chi connectivity index (χ0v) is 17.3. The number of rotatable bonds is 5. The molecule has 2 aromatic rings. The summed E-state index contributed by atoms with van der Waals surface area (Å²) in [5.41, 5.74) is 5.62. The van der Waals surface area contributed by atoms with Crippen LogP contribution < -0.4 is 4.72 Å². The summed E-state index contributed by atoms with van der Waals surface area (Å²) in [5.74, 6) is -0.234. The van der Waals surface area contributed by atoms with Crippen LogP contribution in [0.4, 0.5) is 0 Å². The first-order chi connectivity index (χ1) is 12.8. The minimum absolute atomic E-state index is 0.234. The van der Waals surface area contributed by atoms with E-state index in [2.05, 4.69) is 15.8 Å². The lowest BCUT2D eigenvalue weighted by Crippen LogP contribution is -2.28. The molecule has 2 aliphatic carbocycles. The van der Waals surface area contributed by atoms with Gasteiger partial charge in [-0.25, -0.2) is 9.19 Å². The number of aromatic nitrogens is 1. The molecule has 2 N–H and O–H groups in total. The van der Waals surface area contributed by atoms with Crippen LogP contribution in [0.3, 0.4) is 0 Å². The molecule has 27 heavy (non-hydrogen) atoms. The van der Waals surface area contributed by atoms with Crippen molar-refractivity contribution in [3.8, 4) is 0 Å². The first-order valence-electron chi connectivity index (χ1n) is 9.38. The summed E-state index contributed by atoms with van der Waals surface area (Å²) in [7, 11) is -1.70. The predicted molar refractivity (Wildman–Crippen MR) is 106 cm³/mol. The molecule has 1 unspecified atom stereocenters. The molecule has 0 fully saturated rings. The Bertz CT molecular complexity index is 896. The molecular formula is C20H24N2O3S2. The summed E-state index contributed by atoms with van der Waals surface area (Å²) in [4.78, 5) is 17.3. The van der Waals surface area contributed by atoms with Crippen LogP contribution >= 0.6 is 11.3 Å². The second kappa shape index (κ2) is 7.11. The van der Waals surface area contributed by atoms with Gasteiger partial charge in [0.05, 0.1) is 16.9 Å². The predicted octanol–water partition coefficient (Wildman–Crippen LogP) is 2.73. The first-order valence-corrected chi connectivity index (χ1v) is 11.3. The molecule has 5 nitrogen and oxygen atoms in total. The van der Waals surface area contributed by atoms with Crippen molar-refractivity contribution in [2.45, 2.75) is 68.7 Å². The van der Waals surface area contributed by atoms with Crippen LogP contribution in [0.1, 0.15) is 59.4 Å². The topological polar surface area (TPSA) is 79.3 Å². The second-order valence-electron chi connectivity index (χ2n) is 7.86. The lowest BCUT2D eigenvalue weighted by molar-refractivity contribution is -0.118. The number of aliphatic hydroxyl groups is 1. The van der Waals surface area contributed by atoms with Crippen molar-refractivity contribution in [3.63, 3.8) is 0 Å². The van der Waals surface area contributed by atoms with Crippen molar-refractivity contribution in [2.75, 3.05) is 0 Å². The van der Waals surface area contributed by atoms with Gasteiger partial charge in [-0.05, 0) is 80.2 Å². The largest absolute Gasteiger partial charge is 0.385 e. The number of aryl methyl sites for hydroxylation is 2. The van der Waals surface area contributed by atoms with Crippen molar-refractivity contribution >= 4 is 28.2 Å². The summed E-state index contributed by atoms with van der Waals surface area (Å²) in [6, 6.07) is 2.35. The van der Waals surface area contributed by atoms with Crippen molar-refractivity contribution in [1.29, 1.82) is 0 Å². The maximum Gasteiger partial charge on any atom is 0.236 e. The number of carbonyl (C=O) groups excluding carboxylic acids is 1. The van der Waals surface area contributed by atoms with E-state index in [-0.39, 0.29) is 12.3 Å². The fourth-order valence-electron chi connectivity index (χ4n) is 4.12. The van der Waals surface area contributed by atoms with Gasteiger partial charge in [0.2, 0.25) is 10.2 Å². The van der Waals surface area contributed by atoms with Crippen LogP contribution in [0.15, 0.2) is 16.6 Å². The SMILES string of the molecule is CC(C)(O)c1cnc(S(=O)NC(=O)Cc2c3c(cc4c2CCC4)CCC3)s1. The summed E-state index contributed by atoms with van der Waals surface area (Å²) < 4.78 is 15.4. The van der Waals surface area contributed by atoms with Gasteiger partial charge in [-0.15, -0.1) is 11.3 Å². The number of hydrogen-bond acceptors (Lipinski definition) is 5.